The molecule has 1 aromatic carbocycles. The molecule has 0 saturated heterocycles. The number of anilines is 1. The maximum Gasteiger partial charge on any atom is 0.239 e. The van der Waals surface area contributed by atoms with Gasteiger partial charge < -0.3 is 11.1 Å². The molecule has 0 aliphatic carbocycles. The second-order valence-electron chi connectivity index (χ2n) is 4.59. The van der Waals surface area contributed by atoms with Crippen molar-refractivity contribution >= 4 is 11.6 Å². The smallest absolute Gasteiger partial charge is 0.239 e. The van der Waals surface area contributed by atoms with E-state index in [-0.39, 0.29) is 11.9 Å². The van der Waals surface area contributed by atoms with E-state index in [2.05, 4.69) is 19.2 Å². The van der Waals surface area contributed by atoms with Gasteiger partial charge in [-0.2, -0.15) is 0 Å². The molecule has 88 valence electrons. The van der Waals surface area contributed by atoms with E-state index in [1.165, 1.54) is 5.56 Å². The molecule has 3 N–H and O–H groups in total. The summed E-state index contributed by atoms with van der Waals surface area (Å²) in [6.07, 6.45) is 0.753. The molecule has 1 amide bonds. The molecule has 16 heavy (non-hydrogen) atoms. The zero-order chi connectivity index (χ0) is 12.1. The first kappa shape index (κ1) is 12.6. The maximum atomic E-state index is 11.3. The number of primary amides is 1. The molecule has 1 aromatic rings. The first-order valence-electron chi connectivity index (χ1n) is 5.61. The van der Waals surface area contributed by atoms with E-state index in [9.17, 15) is 4.79 Å². The average Bonchev–Trinajstić information content (AvgIpc) is 2.19. The summed E-state index contributed by atoms with van der Waals surface area (Å²) in [5.74, 6) is 0.143. The monoisotopic (exact) mass is 220 g/mol. The Morgan fingerprint density at radius 2 is 1.88 bits per heavy atom. The van der Waals surface area contributed by atoms with Crippen molar-refractivity contribution < 1.29 is 4.79 Å². The van der Waals surface area contributed by atoms with Crippen LogP contribution in [0.25, 0.3) is 0 Å². The minimum atomic E-state index is -0.297. The summed E-state index contributed by atoms with van der Waals surface area (Å²) in [6.45, 7) is 6.18. The molecule has 0 fully saturated rings. The van der Waals surface area contributed by atoms with E-state index in [0.717, 1.165) is 12.1 Å². The van der Waals surface area contributed by atoms with Crippen molar-refractivity contribution in [3.63, 3.8) is 0 Å². The van der Waals surface area contributed by atoms with Crippen molar-refractivity contribution in [3.8, 4) is 0 Å². The van der Waals surface area contributed by atoms with Crippen molar-refractivity contribution in [2.24, 2.45) is 11.7 Å². The molecule has 3 nitrogen and oxygen atoms in total. The number of nitrogens with one attached hydrogen (secondary N) is 1. The molecular weight excluding hydrogens is 200 g/mol. The standard InChI is InChI=1S/C13H20N2O/c1-9(2)8-12(13(14)16)15-11-6-4-10(3)5-7-11/h4-7,9,12,15H,8H2,1-3H3,(H2,14,16). The SMILES string of the molecule is Cc1ccc(NC(CC(C)C)C(N)=O)cc1. The highest BCUT2D eigenvalue weighted by atomic mass is 16.1. The fourth-order valence-corrected chi connectivity index (χ4v) is 1.57. The first-order chi connectivity index (χ1) is 7.49. The van der Waals surface area contributed by atoms with E-state index in [1.807, 2.05) is 31.2 Å². The van der Waals surface area contributed by atoms with Crippen LogP contribution < -0.4 is 11.1 Å². The van der Waals surface area contributed by atoms with Crippen LogP contribution in [0.2, 0.25) is 0 Å². The lowest BCUT2D eigenvalue weighted by atomic mass is 10.0. The number of hydrogen-bond donors (Lipinski definition) is 2. The van der Waals surface area contributed by atoms with Gasteiger partial charge in [0.05, 0.1) is 0 Å². The molecule has 0 aromatic heterocycles. The summed E-state index contributed by atoms with van der Waals surface area (Å²) in [6, 6.07) is 7.66. The van der Waals surface area contributed by atoms with Gasteiger partial charge in [-0.15, -0.1) is 0 Å². The lowest BCUT2D eigenvalue weighted by Gasteiger charge is -2.18. The van der Waals surface area contributed by atoms with Crippen LogP contribution in [0, 0.1) is 12.8 Å². The fraction of sp³-hybridized carbons (Fsp3) is 0.462. The molecule has 0 spiro atoms. The van der Waals surface area contributed by atoms with Crippen molar-refractivity contribution in [1.82, 2.24) is 0 Å². The molecule has 0 saturated carbocycles. The minimum Gasteiger partial charge on any atom is -0.374 e. The van der Waals surface area contributed by atoms with Crippen LogP contribution in [-0.2, 0) is 4.79 Å². The quantitative estimate of drug-likeness (QED) is 0.800. The van der Waals surface area contributed by atoms with Crippen molar-refractivity contribution in [1.29, 1.82) is 0 Å². The number of rotatable bonds is 5. The Labute approximate surface area is 97.0 Å². The third-order valence-electron chi connectivity index (χ3n) is 2.44. The van der Waals surface area contributed by atoms with Gasteiger partial charge >= 0.3 is 0 Å². The predicted molar refractivity (Wildman–Crippen MR) is 67.2 cm³/mol. The average molecular weight is 220 g/mol. The highest BCUT2D eigenvalue weighted by molar-refractivity contribution is 5.82. The Morgan fingerprint density at radius 3 is 2.31 bits per heavy atom. The van der Waals surface area contributed by atoms with Gasteiger partial charge in [-0.05, 0) is 31.4 Å². The number of aryl methyl sites for hydroxylation is 1. The van der Waals surface area contributed by atoms with E-state index in [1.54, 1.807) is 0 Å². The Kier molecular flexibility index (Phi) is 4.35. The molecule has 0 aliphatic heterocycles. The van der Waals surface area contributed by atoms with Gasteiger partial charge in [0.15, 0.2) is 0 Å². The number of nitrogens with two attached hydrogens (primary N) is 1. The number of hydrogen-bond acceptors (Lipinski definition) is 2. The molecular formula is C13H20N2O. The van der Waals surface area contributed by atoms with Crippen LogP contribution in [0.1, 0.15) is 25.8 Å². The topological polar surface area (TPSA) is 55.1 Å². The van der Waals surface area contributed by atoms with Gasteiger partial charge in [-0.1, -0.05) is 31.5 Å². The normalized spacial score (nSPS) is 12.5. The van der Waals surface area contributed by atoms with Gasteiger partial charge in [0.1, 0.15) is 6.04 Å². The molecule has 3 heteroatoms. The Balaban J connectivity index is 2.68. The molecule has 0 bridgehead atoms. The fourth-order valence-electron chi connectivity index (χ4n) is 1.57. The van der Waals surface area contributed by atoms with Gasteiger partial charge in [0.2, 0.25) is 5.91 Å². The van der Waals surface area contributed by atoms with Crippen molar-refractivity contribution in [2.45, 2.75) is 33.2 Å². The molecule has 0 heterocycles. The zero-order valence-corrected chi connectivity index (χ0v) is 10.2. The van der Waals surface area contributed by atoms with Gasteiger partial charge in [0.25, 0.3) is 0 Å². The third kappa shape index (κ3) is 3.93. The summed E-state index contributed by atoms with van der Waals surface area (Å²) in [4.78, 5) is 11.3. The van der Waals surface area contributed by atoms with Gasteiger partial charge in [0, 0.05) is 5.69 Å². The second kappa shape index (κ2) is 5.54. The number of benzene rings is 1. The van der Waals surface area contributed by atoms with Gasteiger partial charge in [-0.3, -0.25) is 4.79 Å². The van der Waals surface area contributed by atoms with Crippen LogP contribution in [0.4, 0.5) is 5.69 Å². The van der Waals surface area contributed by atoms with Crippen molar-refractivity contribution in [2.75, 3.05) is 5.32 Å². The van der Waals surface area contributed by atoms with Crippen molar-refractivity contribution in [3.05, 3.63) is 29.8 Å². The molecule has 0 aliphatic rings. The molecule has 0 radical (unpaired) electrons. The highest BCUT2D eigenvalue weighted by Gasteiger charge is 2.16. The molecule has 1 unspecified atom stereocenters. The summed E-state index contributed by atoms with van der Waals surface area (Å²) in [7, 11) is 0. The molecule has 1 rings (SSSR count). The zero-order valence-electron chi connectivity index (χ0n) is 10.2. The Bertz CT molecular complexity index is 343. The van der Waals surface area contributed by atoms with E-state index in [0.29, 0.717) is 5.92 Å². The first-order valence-corrected chi connectivity index (χ1v) is 5.61. The Morgan fingerprint density at radius 1 is 1.31 bits per heavy atom. The van der Waals surface area contributed by atoms with Gasteiger partial charge in [-0.25, -0.2) is 0 Å². The maximum absolute atomic E-state index is 11.3. The summed E-state index contributed by atoms with van der Waals surface area (Å²) in [5, 5.41) is 3.16. The van der Waals surface area contributed by atoms with E-state index in [4.69, 9.17) is 5.73 Å². The van der Waals surface area contributed by atoms with Crippen LogP contribution in [-0.4, -0.2) is 11.9 Å². The summed E-state index contributed by atoms with van der Waals surface area (Å²) < 4.78 is 0. The predicted octanol–water partition coefficient (Wildman–Crippen LogP) is 2.31. The number of amides is 1. The minimum absolute atomic E-state index is 0.289. The van der Waals surface area contributed by atoms with Crippen LogP contribution in [0.3, 0.4) is 0 Å². The lowest BCUT2D eigenvalue weighted by molar-refractivity contribution is -0.119. The summed E-state index contributed by atoms with van der Waals surface area (Å²) in [5.41, 5.74) is 7.50. The summed E-state index contributed by atoms with van der Waals surface area (Å²) >= 11 is 0. The van der Waals surface area contributed by atoms with Crippen LogP contribution >= 0.6 is 0 Å². The third-order valence-corrected chi connectivity index (χ3v) is 2.44. The number of carbonyl (C=O) groups is 1. The second-order valence-corrected chi connectivity index (χ2v) is 4.59. The largest absolute Gasteiger partial charge is 0.374 e. The Hall–Kier alpha value is -1.51. The number of carbonyl (C=O) groups excluding carboxylic acids is 1. The van der Waals surface area contributed by atoms with Crippen LogP contribution in [0.15, 0.2) is 24.3 Å². The molecule has 1 atom stereocenters. The van der Waals surface area contributed by atoms with E-state index >= 15 is 0 Å². The van der Waals surface area contributed by atoms with E-state index < -0.39 is 0 Å². The van der Waals surface area contributed by atoms with Crippen LogP contribution in [0.5, 0.6) is 0 Å². The highest BCUT2D eigenvalue weighted by Crippen LogP contribution is 2.13. The lowest BCUT2D eigenvalue weighted by Crippen LogP contribution is -2.36.